The Hall–Kier alpha value is -2.75. The average molecular weight is 434 g/mol. The molecule has 0 aliphatic heterocycles. The van der Waals surface area contributed by atoms with Gasteiger partial charge in [-0.25, -0.2) is 12.7 Å². The maximum Gasteiger partial charge on any atom is 0.251 e. The predicted molar refractivity (Wildman–Crippen MR) is 113 cm³/mol. The summed E-state index contributed by atoms with van der Waals surface area (Å²) in [6.07, 6.45) is 0. The normalized spacial score (nSPS) is 11.3. The van der Waals surface area contributed by atoms with Crippen LogP contribution in [0.4, 0.5) is 0 Å². The molecule has 0 aliphatic rings. The first kappa shape index (κ1) is 23.5. The lowest BCUT2D eigenvalue weighted by Crippen LogP contribution is -2.36. The highest BCUT2D eigenvalue weighted by Gasteiger charge is 2.18. The molecule has 9 heteroatoms. The van der Waals surface area contributed by atoms with Gasteiger partial charge in [0.05, 0.1) is 18.0 Å². The Morgan fingerprint density at radius 1 is 1.00 bits per heavy atom. The zero-order chi connectivity index (χ0) is 22.1. The fourth-order valence-electron chi connectivity index (χ4n) is 2.51. The molecule has 8 nitrogen and oxygen atoms in total. The van der Waals surface area contributed by atoms with Crippen molar-refractivity contribution in [2.45, 2.75) is 25.0 Å². The van der Waals surface area contributed by atoms with Gasteiger partial charge in [-0.2, -0.15) is 0 Å². The summed E-state index contributed by atoms with van der Waals surface area (Å²) < 4.78 is 30.8. The Bertz CT molecular complexity index is 972. The molecule has 162 valence electrons. The van der Waals surface area contributed by atoms with Crippen LogP contribution in [-0.4, -0.2) is 51.8 Å². The van der Waals surface area contributed by atoms with E-state index >= 15 is 0 Å². The van der Waals surface area contributed by atoms with Gasteiger partial charge in [-0.1, -0.05) is 30.3 Å². The monoisotopic (exact) mass is 433 g/mol. The third-order valence-electron chi connectivity index (χ3n) is 4.27. The number of ether oxygens (including phenoxy) is 1. The smallest absolute Gasteiger partial charge is 0.251 e. The Labute approximate surface area is 177 Å². The molecule has 2 aromatic carbocycles. The summed E-state index contributed by atoms with van der Waals surface area (Å²) >= 11 is 0. The van der Waals surface area contributed by atoms with E-state index in [2.05, 4.69) is 10.6 Å². The van der Waals surface area contributed by atoms with Gasteiger partial charge in [-0.05, 0) is 36.2 Å². The van der Waals surface area contributed by atoms with Crippen LogP contribution in [0.25, 0.3) is 0 Å². The van der Waals surface area contributed by atoms with Crippen LogP contribution >= 0.6 is 0 Å². The van der Waals surface area contributed by atoms with Crippen molar-refractivity contribution in [1.82, 2.24) is 14.9 Å². The topological polar surface area (TPSA) is 105 Å². The van der Waals surface area contributed by atoms with Gasteiger partial charge in [0.2, 0.25) is 15.9 Å². The van der Waals surface area contributed by atoms with Crippen molar-refractivity contribution in [2.24, 2.45) is 0 Å². The third-order valence-corrected chi connectivity index (χ3v) is 6.08. The van der Waals surface area contributed by atoms with Crippen molar-refractivity contribution < 1.29 is 22.7 Å². The fourth-order valence-corrected chi connectivity index (χ4v) is 3.46. The van der Waals surface area contributed by atoms with Crippen molar-refractivity contribution in [1.29, 1.82) is 0 Å². The summed E-state index contributed by atoms with van der Waals surface area (Å²) in [4.78, 5) is 24.3. The van der Waals surface area contributed by atoms with E-state index < -0.39 is 15.9 Å². The molecule has 0 atom stereocenters. The quantitative estimate of drug-likeness (QED) is 0.591. The maximum absolute atomic E-state index is 12.3. The van der Waals surface area contributed by atoms with E-state index in [1.165, 1.54) is 38.4 Å². The van der Waals surface area contributed by atoms with E-state index in [0.717, 1.165) is 15.4 Å². The number of hydrogen-bond donors (Lipinski definition) is 2. The van der Waals surface area contributed by atoms with Crippen LogP contribution in [0.5, 0.6) is 0 Å². The van der Waals surface area contributed by atoms with E-state index in [-0.39, 0.29) is 22.9 Å². The molecule has 30 heavy (non-hydrogen) atoms. The van der Waals surface area contributed by atoms with Crippen molar-refractivity contribution in [3.8, 4) is 0 Å². The second-order valence-corrected chi connectivity index (χ2v) is 8.88. The van der Waals surface area contributed by atoms with Crippen LogP contribution in [0.1, 0.15) is 28.4 Å². The largest absolute Gasteiger partial charge is 0.377 e. The number of amides is 2. The van der Waals surface area contributed by atoms with Gasteiger partial charge < -0.3 is 15.4 Å². The lowest BCUT2D eigenvalue weighted by molar-refractivity contribution is -0.120. The summed E-state index contributed by atoms with van der Waals surface area (Å²) in [5.74, 6) is -0.875. The lowest BCUT2D eigenvalue weighted by Gasteiger charge is -2.12. The number of rotatable bonds is 10. The first-order valence-electron chi connectivity index (χ1n) is 9.47. The maximum atomic E-state index is 12.3. The van der Waals surface area contributed by atoms with Crippen LogP contribution < -0.4 is 10.6 Å². The number of carbonyl (C=O) groups excluding carboxylic acids is 2. The average Bonchev–Trinajstić information content (AvgIpc) is 2.75. The molecule has 0 saturated heterocycles. The molecule has 0 spiro atoms. The van der Waals surface area contributed by atoms with Crippen molar-refractivity contribution in [3.63, 3.8) is 0 Å². The Morgan fingerprint density at radius 2 is 1.67 bits per heavy atom. The molecular formula is C21H27N3O5S. The lowest BCUT2D eigenvalue weighted by atomic mass is 10.1. The molecule has 0 aliphatic carbocycles. The zero-order valence-electron chi connectivity index (χ0n) is 17.3. The van der Waals surface area contributed by atoms with E-state index in [0.29, 0.717) is 19.8 Å². The molecule has 0 unspecified atom stereocenters. The van der Waals surface area contributed by atoms with E-state index in [9.17, 15) is 18.0 Å². The number of benzene rings is 2. The van der Waals surface area contributed by atoms with Crippen LogP contribution in [0.2, 0.25) is 0 Å². The van der Waals surface area contributed by atoms with Gasteiger partial charge in [0, 0.05) is 32.8 Å². The number of hydrogen-bond acceptors (Lipinski definition) is 5. The van der Waals surface area contributed by atoms with Crippen LogP contribution in [0.15, 0.2) is 53.4 Å². The highest BCUT2D eigenvalue weighted by molar-refractivity contribution is 7.89. The number of sulfonamides is 1. The Morgan fingerprint density at radius 3 is 2.30 bits per heavy atom. The van der Waals surface area contributed by atoms with Gasteiger partial charge in [-0.3, -0.25) is 9.59 Å². The van der Waals surface area contributed by atoms with Gasteiger partial charge in [0.15, 0.2) is 0 Å². The standard InChI is InChI=1S/C21H27N3O5S/c1-4-29-15-17-10-8-16(9-11-17)13-22-20(25)14-23-21(26)18-6-5-7-19(12-18)30(27,28)24(2)3/h5-12H,4,13-15H2,1-3H3,(H,22,25)(H,23,26). The molecule has 0 aromatic heterocycles. The summed E-state index contributed by atoms with van der Waals surface area (Å²) in [7, 11) is -0.815. The van der Waals surface area contributed by atoms with Gasteiger partial charge in [0.25, 0.3) is 5.91 Å². The summed E-state index contributed by atoms with van der Waals surface area (Å²) in [6, 6.07) is 13.4. The van der Waals surface area contributed by atoms with E-state index in [1.807, 2.05) is 31.2 Å². The second-order valence-electron chi connectivity index (χ2n) is 6.73. The SMILES string of the molecule is CCOCc1ccc(CNC(=O)CNC(=O)c2cccc(S(=O)(=O)N(C)C)c2)cc1. The first-order valence-corrected chi connectivity index (χ1v) is 10.9. The zero-order valence-corrected chi connectivity index (χ0v) is 18.2. The minimum atomic E-state index is -3.65. The van der Waals surface area contributed by atoms with E-state index in [4.69, 9.17) is 4.74 Å². The molecule has 2 rings (SSSR count). The molecule has 2 N–H and O–H groups in total. The molecule has 0 fully saturated rings. The highest BCUT2D eigenvalue weighted by atomic mass is 32.2. The van der Waals surface area contributed by atoms with Crippen LogP contribution in [0.3, 0.4) is 0 Å². The summed E-state index contributed by atoms with van der Waals surface area (Å²) in [5.41, 5.74) is 2.14. The van der Waals surface area contributed by atoms with E-state index in [1.54, 1.807) is 0 Å². The molecule has 2 aromatic rings. The molecule has 0 bridgehead atoms. The van der Waals surface area contributed by atoms with Crippen molar-refractivity contribution >= 4 is 21.8 Å². The van der Waals surface area contributed by atoms with Crippen LogP contribution in [-0.2, 0) is 32.7 Å². The van der Waals surface area contributed by atoms with Crippen molar-refractivity contribution in [2.75, 3.05) is 27.2 Å². The second kappa shape index (κ2) is 10.9. The minimum absolute atomic E-state index is 0.0115. The summed E-state index contributed by atoms with van der Waals surface area (Å²) in [6.45, 7) is 3.25. The van der Waals surface area contributed by atoms with Crippen LogP contribution in [0, 0.1) is 0 Å². The number of nitrogens with one attached hydrogen (secondary N) is 2. The fraction of sp³-hybridized carbons (Fsp3) is 0.333. The molecular weight excluding hydrogens is 406 g/mol. The van der Waals surface area contributed by atoms with Gasteiger partial charge >= 0.3 is 0 Å². The molecule has 0 saturated carbocycles. The number of carbonyl (C=O) groups is 2. The van der Waals surface area contributed by atoms with Crippen molar-refractivity contribution in [3.05, 3.63) is 65.2 Å². The summed E-state index contributed by atoms with van der Waals surface area (Å²) in [5, 5.41) is 5.23. The van der Waals surface area contributed by atoms with Gasteiger partial charge in [-0.15, -0.1) is 0 Å². The molecule has 0 heterocycles. The predicted octanol–water partition coefficient (Wildman–Crippen LogP) is 1.52. The third kappa shape index (κ3) is 6.65. The Balaban J connectivity index is 1.85. The first-order chi connectivity index (χ1) is 14.2. The number of nitrogens with zero attached hydrogens (tertiary/aromatic N) is 1. The van der Waals surface area contributed by atoms with Gasteiger partial charge in [0.1, 0.15) is 0 Å². The highest BCUT2D eigenvalue weighted by Crippen LogP contribution is 2.14. The minimum Gasteiger partial charge on any atom is -0.377 e. The Kier molecular flexibility index (Phi) is 8.52. The molecule has 2 amide bonds. The molecule has 0 radical (unpaired) electrons.